The average Bonchev–Trinajstić information content (AvgIpc) is 2.68. The lowest BCUT2D eigenvalue weighted by Gasteiger charge is -2.06. The molecule has 0 saturated heterocycles. The Hall–Kier alpha value is -3.61. The first kappa shape index (κ1) is 18.2. The van der Waals surface area contributed by atoms with E-state index in [-0.39, 0.29) is 5.56 Å². The highest BCUT2D eigenvalue weighted by molar-refractivity contribution is 5.97. The predicted octanol–water partition coefficient (Wildman–Crippen LogP) is 2.70. The molecule has 0 bridgehead atoms. The monoisotopic (exact) mass is 365 g/mol. The lowest BCUT2D eigenvalue weighted by Crippen LogP contribution is -2.19. The van der Waals surface area contributed by atoms with Crippen molar-refractivity contribution >= 4 is 23.0 Å². The Morgan fingerprint density at radius 1 is 1.22 bits per heavy atom. The highest BCUT2D eigenvalue weighted by Crippen LogP contribution is 2.19. The van der Waals surface area contributed by atoms with Gasteiger partial charge in [-0.3, -0.25) is 9.59 Å². The minimum Gasteiger partial charge on any atom is -0.496 e. The number of carbonyl (C=O) groups is 1. The molecular weight excluding hydrogens is 346 g/mol. The molecule has 2 aromatic carbocycles. The van der Waals surface area contributed by atoms with Crippen LogP contribution in [0.5, 0.6) is 11.5 Å². The Bertz CT molecular complexity index is 1060. The maximum atomic E-state index is 12.2. The third kappa shape index (κ3) is 4.14. The van der Waals surface area contributed by atoms with Gasteiger partial charge in [0.15, 0.2) is 0 Å². The molecule has 0 radical (unpaired) electrons. The van der Waals surface area contributed by atoms with E-state index in [0.717, 1.165) is 5.39 Å². The standard InChI is InChI=1S/C20H19N3O4/c1-3-27-15-8-9-17-13(11-15)10-14(19(24)22-17)12-21-23-20(25)16-6-4-5-7-18(16)26-2/h4-12H,3H2,1-2H3,(H,22,24)(H,23,25)/b21-12+. The first-order valence-electron chi connectivity index (χ1n) is 8.38. The molecule has 0 saturated carbocycles. The number of benzene rings is 2. The van der Waals surface area contributed by atoms with Gasteiger partial charge >= 0.3 is 0 Å². The summed E-state index contributed by atoms with van der Waals surface area (Å²) in [5, 5.41) is 4.69. The number of H-pyrrole nitrogens is 1. The second-order valence-corrected chi connectivity index (χ2v) is 5.64. The number of aromatic nitrogens is 1. The van der Waals surface area contributed by atoms with Crippen molar-refractivity contribution in [2.75, 3.05) is 13.7 Å². The SMILES string of the molecule is CCOc1ccc2[nH]c(=O)c(/C=N/NC(=O)c3ccccc3OC)cc2c1. The van der Waals surface area contributed by atoms with Crippen molar-refractivity contribution in [3.05, 3.63) is 70.0 Å². The number of hydrogen-bond acceptors (Lipinski definition) is 5. The molecule has 0 unspecified atom stereocenters. The smallest absolute Gasteiger partial charge is 0.275 e. The van der Waals surface area contributed by atoms with Gasteiger partial charge in [-0.2, -0.15) is 5.10 Å². The maximum absolute atomic E-state index is 12.2. The van der Waals surface area contributed by atoms with Gasteiger partial charge in [-0.25, -0.2) is 5.43 Å². The minimum atomic E-state index is -0.431. The maximum Gasteiger partial charge on any atom is 0.275 e. The summed E-state index contributed by atoms with van der Waals surface area (Å²) in [6.45, 7) is 2.46. The van der Waals surface area contributed by atoms with Crippen LogP contribution < -0.4 is 20.5 Å². The first-order valence-corrected chi connectivity index (χ1v) is 8.38. The zero-order valence-electron chi connectivity index (χ0n) is 15.0. The van der Waals surface area contributed by atoms with E-state index < -0.39 is 5.91 Å². The van der Waals surface area contributed by atoms with Crippen LogP contribution in [0.4, 0.5) is 0 Å². The number of fused-ring (bicyclic) bond motifs is 1. The molecule has 0 aliphatic carbocycles. The summed E-state index contributed by atoms with van der Waals surface area (Å²) in [7, 11) is 1.49. The number of methoxy groups -OCH3 is 1. The molecule has 1 amide bonds. The number of nitrogens with one attached hydrogen (secondary N) is 2. The van der Waals surface area contributed by atoms with Crippen LogP contribution in [0.1, 0.15) is 22.8 Å². The fourth-order valence-electron chi connectivity index (χ4n) is 2.61. The number of pyridine rings is 1. The number of hydrazone groups is 1. The number of hydrogen-bond donors (Lipinski definition) is 2. The van der Waals surface area contributed by atoms with E-state index in [1.54, 1.807) is 42.5 Å². The van der Waals surface area contributed by atoms with Crippen LogP contribution in [0.15, 0.2) is 58.4 Å². The van der Waals surface area contributed by atoms with Crippen LogP contribution in [-0.4, -0.2) is 30.8 Å². The van der Waals surface area contributed by atoms with Gasteiger partial charge in [0.05, 0.1) is 31.1 Å². The lowest BCUT2D eigenvalue weighted by atomic mass is 10.1. The molecule has 0 spiro atoms. The van der Waals surface area contributed by atoms with E-state index in [0.29, 0.717) is 34.7 Å². The van der Waals surface area contributed by atoms with Crippen molar-refractivity contribution in [2.45, 2.75) is 6.92 Å². The van der Waals surface area contributed by atoms with Gasteiger partial charge < -0.3 is 14.5 Å². The van der Waals surface area contributed by atoms with E-state index >= 15 is 0 Å². The lowest BCUT2D eigenvalue weighted by molar-refractivity contribution is 0.0952. The predicted molar refractivity (Wildman–Crippen MR) is 104 cm³/mol. The summed E-state index contributed by atoms with van der Waals surface area (Å²) in [5.41, 5.74) is 3.46. The van der Waals surface area contributed by atoms with Crippen LogP contribution in [-0.2, 0) is 0 Å². The third-order valence-corrected chi connectivity index (χ3v) is 3.88. The number of nitrogens with zero attached hydrogens (tertiary/aromatic N) is 1. The summed E-state index contributed by atoms with van der Waals surface area (Å²) >= 11 is 0. The molecule has 0 aliphatic rings. The van der Waals surface area contributed by atoms with Gasteiger partial charge in [-0.15, -0.1) is 0 Å². The van der Waals surface area contributed by atoms with Gasteiger partial charge in [-0.05, 0) is 43.3 Å². The molecule has 3 aromatic rings. The van der Waals surface area contributed by atoms with Gasteiger partial charge in [-0.1, -0.05) is 12.1 Å². The van der Waals surface area contributed by atoms with Crippen molar-refractivity contribution in [1.82, 2.24) is 10.4 Å². The number of para-hydroxylation sites is 1. The van der Waals surface area contributed by atoms with Crippen molar-refractivity contribution < 1.29 is 14.3 Å². The summed E-state index contributed by atoms with van der Waals surface area (Å²) in [5.74, 6) is 0.723. The fourth-order valence-corrected chi connectivity index (χ4v) is 2.61. The number of ether oxygens (including phenoxy) is 2. The van der Waals surface area contributed by atoms with E-state index in [1.165, 1.54) is 13.3 Å². The summed E-state index contributed by atoms with van der Waals surface area (Å²) in [4.78, 5) is 27.2. The molecule has 27 heavy (non-hydrogen) atoms. The van der Waals surface area contributed by atoms with E-state index in [2.05, 4.69) is 15.5 Å². The van der Waals surface area contributed by atoms with Gasteiger partial charge in [0.2, 0.25) is 0 Å². The second kappa shape index (κ2) is 8.18. The Labute approximate surface area is 155 Å². The van der Waals surface area contributed by atoms with Crippen LogP contribution in [0.25, 0.3) is 10.9 Å². The second-order valence-electron chi connectivity index (χ2n) is 5.64. The zero-order chi connectivity index (χ0) is 19.2. The summed E-state index contributed by atoms with van der Waals surface area (Å²) in [6.07, 6.45) is 1.30. The third-order valence-electron chi connectivity index (χ3n) is 3.88. The van der Waals surface area contributed by atoms with Gasteiger partial charge in [0.1, 0.15) is 11.5 Å². The van der Waals surface area contributed by atoms with E-state index in [1.807, 2.05) is 13.0 Å². The number of rotatable bonds is 6. The molecular formula is C20H19N3O4. The van der Waals surface area contributed by atoms with E-state index in [9.17, 15) is 9.59 Å². The van der Waals surface area contributed by atoms with Crippen molar-refractivity contribution in [3.8, 4) is 11.5 Å². The molecule has 1 aromatic heterocycles. The van der Waals surface area contributed by atoms with E-state index in [4.69, 9.17) is 9.47 Å². The topological polar surface area (TPSA) is 92.8 Å². The van der Waals surface area contributed by atoms with Crippen LogP contribution in [0.2, 0.25) is 0 Å². The molecule has 2 N–H and O–H groups in total. The average molecular weight is 365 g/mol. The molecule has 3 rings (SSSR count). The molecule has 1 heterocycles. The molecule has 0 aliphatic heterocycles. The number of amides is 1. The van der Waals surface area contributed by atoms with Crippen molar-refractivity contribution in [1.29, 1.82) is 0 Å². The molecule has 0 atom stereocenters. The molecule has 7 heteroatoms. The summed E-state index contributed by atoms with van der Waals surface area (Å²) in [6, 6.07) is 13.9. The fraction of sp³-hybridized carbons (Fsp3) is 0.150. The van der Waals surface area contributed by atoms with Gasteiger partial charge in [0, 0.05) is 10.9 Å². The molecule has 7 nitrogen and oxygen atoms in total. The first-order chi connectivity index (χ1) is 13.1. The highest BCUT2D eigenvalue weighted by atomic mass is 16.5. The Balaban J connectivity index is 1.81. The highest BCUT2D eigenvalue weighted by Gasteiger charge is 2.10. The number of aromatic amines is 1. The zero-order valence-corrected chi connectivity index (χ0v) is 15.0. The Morgan fingerprint density at radius 2 is 2.04 bits per heavy atom. The number of carbonyl (C=O) groups excluding carboxylic acids is 1. The van der Waals surface area contributed by atoms with Gasteiger partial charge in [0.25, 0.3) is 11.5 Å². The Morgan fingerprint density at radius 3 is 2.81 bits per heavy atom. The molecule has 138 valence electrons. The van der Waals surface area contributed by atoms with Crippen molar-refractivity contribution in [2.24, 2.45) is 5.10 Å². The van der Waals surface area contributed by atoms with Crippen LogP contribution >= 0.6 is 0 Å². The Kier molecular flexibility index (Phi) is 5.51. The largest absolute Gasteiger partial charge is 0.496 e. The quantitative estimate of drug-likeness (QED) is 0.519. The van der Waals surface area contributed by atoms with Crippen LogP contribution in [0, 0.1) is 0 Å². The van der Waals surface area contributed by atoms with Crippen LogP contribution in [0.3, 0.4) is 0 Å². The summed E-state index contributed by atoms with van der Waals surface area (Å²) < 4.78 is 10.6. The molecule has 0 fully saturated rings. The minimum absolute atomic E-state index is 0.304. The van der Waals surface area contributed by atoms with Crippen molar-refractivity contribution in [3.63, 3.8) is 0 Å². The normalized spacial score (nSPS) is 10.9.